The summed E-state index contributed by atoms with van der Waals surface area (Å²) in [6, 6.07) is 19.5. The maximum atomic E-state index is 6.69. The fourth-order valence-electron chi connectivity index (χ4n) is 5.62. The van der Waals surface area contributed by atoms with Crippen LogP contribution in [0.2, 0.25) is 5.21 Å². The van der Waals surface area contributed by atoms with Gasteiger partial charge in [-0.25, -0.2) is 0 Å². The second kappa shape index (κ2) is 10.4. The molecular formula is C34H47B2NO4. The third-order valence-corrected chi connectivity index (χ3v) is 10.2. The average Bonchev–Trinajstić information content (AvgIpc) is 3.29. The Morgan fingerprint density at radius 1 is 0.707 bits per heavy atom. The van der Waals surface area contributed by atoms with Gasteiger partial charge in [0, 0.05) is 17.1 Å². The molecular weight excluding hydrogens is 508 g/mol. The molecule has 0 bridgehead atoms. The first kappa shape index (κ1) is 30.2. The summed E-state index contributed by atoms with van der Waals surface area (Å²) in [4.78, 5) is 2.31. The fourth-order valence-corrected chi connectivity index (χ4v) is 5.62. The van der Waals surface area contributed by atoms with Crippen molar-refractivity contribution < 1.29 is 18.6 Å². The molecule has 7 heteroatoms. The van der Waals surface area contributed by atoms with Crippen LogP contribution in [0.3, 0.4) is 0 Å². The molecule has 41 heavy (non-hydrogen) atoms. The van der Waals surface area contributed by atoms with Crippen LogP contribution in [-0.4, -0.2) is 36.6 Å². The molecule has 5 nitrogen and oxygen atoms in total. The molecule has 2 saturated heterocycles. The van der Waals surface area contributed by atoms with Crippen molar-refractivity contribution in [2.45, 2.75) is 116 Å². The van der Waals surface area contributed by atoms with E-state index in [1.54, 1.807) is 0 Å². The summed E-state index contributed by atoms with van der Waals surface area (Å²) in [5, 5.41) is -0.664. The molecule has 3 aliphatic rings. The molecule has 0 aromatic heterocycles. The van der Waals surface area contributed by atoms with Gasteiger partial charge in [0.25, 0.3) is 0 Å². The van der Waals surface area contributed by atoms with E-state index in [0.29, 0.717) is 12.3 Å². The lowest BCUT2D eigenvalue weighted by molar-refractivity contribution is 0.00578. The molecule has 2 fully saturated rings. The topological polar surface area (TPSA) is 40.2 Å². The molecule has 2 heterocycles. The Hall–Kier alpha value is -2.31. The minimum atomic E-state index is -0.664. The lowest BCUT2D eigenvalue weighted by atomic mass is 9.37. The number of hydrogen-bond donors (Lipinski definition) is 0. The minimum absolute atomic E-state index is 0.473. The fraction of sp³-hybridized carbons (Fsp3) is 0.529. The summed E-state index contributed by atoms with van der Waals surface area (Å²) in [6.45, 7) is 21.3. The average molecular weight is 555 g/mol. The van der Waals surface area contributed by atoms with E-state index in [1.807, 2.05) is 0 Å². The van der Waals surface area contributed by atoms with E-state index in [9.17, 15) is 0 Å². The Bertz CT molecular complexity index is 1230. The SMILES string of the molecule is CCC(C)c1ccc(N(C2=CCC(B3OC(C)(C)C(C)(C)O3)(B3OC(C)(C)C(C)(C)O3)C=C2)c2ccccc2)cc1. The molecule has 1 atom stereocenters. The largest absolute Gasteiger partial charge is 0.466 e. The number of anilines is 2. The minimum Gasteiger partial charge on any atom is -0.403 e. The first-order chi connectivity index (χ1) is 19.1. The number of rotatable bonds is 7. The lowest BCUT2D eigenvalue weighted by Crippen LogP contribution is -2.48. The van der Waals surface area contributed by atoms with Gasteiger partial charge < -0.3 is 23.5 Å². The monoisotopic (exact) mass is 555 g/mol. The van der Waals surface area contributed by atoms with Crippen molar-refractivity contribution in [3.05, 3.63) is 84.1 Å². The zero-order valence-electron chi connectivity index (χ0n) is 26.7. The Labute approximate surface area is 248 Å². The Morgan fingerprint density at radius 2 is 1.17 bits per heavy atom. The van der Waals surface area contributed by atoms with E-state index in [1.165, 1.54) is 5.56 Å². The maximum Gasteiger partial charge on any atom is 0.466 e. The van der Waals surface area contributed by atoms with Gasteiger partial charge in [0.1, 0.15) is 0 Å². The van der Waals surface area contributed by atoms with Gasteiger partial charge in [0.05, 0.1) is 27.6 Å². The standard InChI is InChI=1S/C34H47B2NO4/c1-11-25(2)26-17-19-28(20-18-26)37(27-15-13-12-14-16-27)29-21-23-34(24-22-29,35-38-30(3,4)31(5,6)39-35)36-40-32(7,8)33(9,10)41-36/h12-23,25H,11,24H2,1-10H3. The maximum absolute atomic E-state index is 6.69. The highest BCUT2D eigenvalue weighted by Gasteiger charge is 2.68. The van der Waals surface area contributed by atoms with Crippen LogP contribution < -0.4 is 4.90 Å². The second-order valence-corrected chi connectivity index (χ2v) is 14.0. The summed E-state index contributed by atoms with van der Waals surface area (Å²) in [7, 11) is -1.06. The van der Waals surface area contributed by atoms with E-state index in [4.69, 9.17) is 18.6 Å². The van der Waals surface area contributed by atoms with Crippen LogP contribution in [0.1, 0.15) is 93.6 Å². The number of benzene rings is 2. The van der Waals surface area contributed by atoms with Crippen LogP contribution in [0, 0.1) is 0 Å². The summed E-state index contributed by atoms with van der Waals surface area (Å²) >= 11 is 0. The second-order valence-electron chi connectivity index (χ2n) is 14.0. The summed E-state index contributed by atoms with van der Waals surface area (Å²) in [6.07, 6.45) is 8.45. The van der Waals surface area contributed by atoms with Crippen LogP contribution in [-0.2, 0) is 18.6 Å². The predicted octanol–water partition coefficient (Wildman–Crippen LogP) is 8.65. The first-order valence-electron chi connectivity index (χ1n) is 15.2. The third kappa shape index (κ3) is 5.24. The highest BCUT2D eigenvalue weighted by Crippen LogP contribution is 2.55. The molecule has 0 spiro atoms. The third-order valence-electron chi connectivity index (χ3n) is 10.2. The van der Waals surface area contributed by atoms with Crippen molar-refractivity contribution in [3.8, 4) is 0 Å². The Kier molecular flexibility index (Phi) is 7.68. The normalized spacial score (nSPS) is 24.3. The van der Waals surface area contributed by atoms with E-state index in [0.717, 1.165) is 23.5 Å². The molecule has 1 aliphatic carbocycles. The van der Waals surface area contributed by atoms with Crippen molar-refractivity contribution in [3.63, 3.8) is 0 Å². The highest BCUT2D eigenvalue weighted by molar-refractivity contribution is 6.72. The van der Waals surface area contributed by atoms with Gasteiger partial charge in [0.15, 0.2) is 0 Å². The molecule has 0 radical (unpaired) electrons. The van der Waals surface area contributed by atoms with Crippen LogP contribution >= 0.6 is 0 Å². The Balaban J connectivity index is 1.54. The molecule has 2 aromatic carbocycles. The quantitative estimate of drug-likeness (QED) is 0.320. The number of allylic oxidation sites excluding steroid dienone is 3. The highest BCUT2D eigenvalue weighted by atomic mass is 16.7. The molecule has 0 amide bonds. The number of hydrogen-bond acceptors (Lipinski definition) is 5. The Morgan fingerprint density at radius 3 is 1.59 bits per heavy atom. The molecule has 0 N–H and O–H groups in total. The van der Waals surface area contributed by atoms with Gasteiger partial charge in [-0.1, -0.05) is 56.3 Å². The zero-order chi connectivity index (χ0) is 29.8. The van der Waals surface area contributed by atoms with Crippen LogP contribution in [0.25, 0.3) is 0 Å². The van der Waals surface area contributed by atoms with Crippen molar-refractivity contribution in [2.75, 3.05) is 4.90 Å². The lowest BCUT2D eigenvalue weighted by Gasteiger charge is -2.37. The van der Waals surface area contributed by atoms with E-state index in [2.05, 4.69) is 147 Å². The van der Waals surface area contributed by atoms with Crippen molar-refractivity contribution in [1.29, 1.82) is 0 Å². The van der Waals surface area contributed by atoms with Crippen LogP contribution in [0.4, 0.5) is 11.4 Å². The van der Waals surface area contributed by atoms with Gasteiger partial charge in [-0.2, -0.15) is 0 Å². The van der Waals surface area contributed by atoms with Gasteiger partial charge >= 0.3 is 14.2 Å². The molecule has 5 rings (SSSR count). The molecule has 218 valence electrons. The van der Waals surface area contributed by atoms with E-state index in [-0.39, 0.29) is 0 Å². The van der Waals surface area contributed by atoms with Gasteiger partial charge in [-0.15, -0.1) is 0 Å². The summed E-state index contributed by atoms with van der Waals surface area (Å²) in [5.74, 6) is 0.531. The van der Waals surface area contributed by atoms with Gasteiger partial charge in [0.2, 0.25) is 0 Å². The molecule has 2 aromatic rings. The van der Waals surface area contributed by atoms with Crippen molar-refractivity contribution in [2.24, 2.45) is 0 Å². The van der Waals surface area contributed by atoms with E-state index >= 15 is 0 Å². The van der Waals surface area contributed by atoms with Gasteiger partial charge in [-0.05, 0) is 110 Å². The van der Waals surface area contributed by atoms with Gasteiger partial charge in [-0.3, -0.25) is 0 Å². The predicted molar refractivity (Wildman–Crippen MR) is 170 cm³/mol. The first-order valence-corrected chi connectivity index (χ1v) is 15.2. The van der Waals surface area contributed by atoms with Crippen molar-refractivity contribution in [1.82, 2.24) is 0 Å². The number of nitrogens with zero attached hydrogens (tertiary/aromatic N) is 1. The van der Waals surface area contributed by atoms with Crippen LogP contribution in [0.5, 0.6) is 0 Å². The molecule has 0 saturated carbocycles. The van der Waals surface area contributed by atoms with Crippen LogP contribution in [0.15, 0.2) is 78.5 Å². The molecule has 2 aliphatic heterocycles. The smallest absolute Gasteiger partial charge is 0.403 e. The van der Waals surface area contributed by atoms with Crippen molar-refractivity contribution >= 4 is 25.6 Å². The molecule has 1 unspecified atom stereocenters. The zero-order valence-corrected chi connectivity index (χ0v) is 26.7. The summed E-state index contributed by atoms with van der Waals surface area (Å²) in [5.41, 5.74) is 2.80. The summed E-state index contributed by atoms with van der Waals surface area (Å²) < 4.78 is 26.8. The van der Waals surface area contributed by atoms with E-state index < -0.39 is 41.9 Å². The number of para-hydroxylation sites is 1.